The lowest BCUT2D eigenvalue weighted by Gasteiger charge is -2.33. The van der Waals surface area contributed by atoms with Crippen molar-refractivity contribution < 1.29 is 9.13 Å². The molecule has 0 bridgehead atoms. The summed E-state index contributed by atoms with van der Waals surface area (Å²) in [7, 11) is 1.96. The van der Waals surface area contributed by atoms with Crippen molar-refractivity contribution in [2.75, 3.05) is 7.05 Å². The number of benzene rings is 2. The van der Waals surface area contributed by atoms with Gasteiger partial charge in [0.05, 0.1) is 6.04 Å². The highest BCUT2D eigenvalue weighted by Crippen LogP contribution is 2.32. The van der Waals surface area contributed by atoms with Crippen LogP contribution in [0.5, 0.6) is 5.75 Å². The number of fused-ring (bicyclic) bond motifs is 1. The fourth-order valence-electron chi connectivity index (χ4n) is 3.06. The first-order chi connectivity index (χ1) is 10.2. The summed E-state index contributed by atoms with van der Waals surface area (Å²) in [6, 6.07) is 13.6. The van der Waals surface area contributed by atoms with Crippen LogP contribution in [0.4, 0.5) is 4.39 Å². The number of likely N-dealkylation sites (N-methyl/N-ethyl adjacent to an activating group) is 1. The molecule has 21 heavy (non-hydrogen) atoms. The molecule has 0 fully saturated rings. The molecule has 0 aliphatic heterocycles. The average molecular weight is 285 g/mol. The zero-order valence-electron chi connectivity index (χ0n) is 12.4. The van der Waals surface area contributed by atoms with Crippen LogP contribution >= 0.6 is 0 Å². The predicted molar refractivity (Wildman–Crippen MR) is 82.1 cm³/mol. The molecule has 3 rings (SSSR count). The van der Waals surface area contributed by atoms with E-state index in [1.165, 1.54) is 17.2 Å². The summed E-state index contributed by atoms with van der Waals surface area (Å²) in [6.07, 6.45) is 2.03. The van der Waals surface area contributed by atoms with Crippen LogP contribution in [-0.4, -0.2) is 13.2 Å². The third kappa shape index (κ3) is 2.79. The van der Waals surface area contributed by atoms with Crippen LogP contribution in [0.15, 0.2) is 42.5 Å². The zero-order valence-corrected chi connectivity index (χ0v) is 12.4. The van der Waals surface area contributed by atoms with E-state index in [4.69, 9.17) is 4.74 Å². The molecular weight excluding hydrogens is 265 g/mol. The Kier molecular flexibility index (Phi) is 3.93. The zero-order chi connectivity index (χ0) is 14.8. The van der Waals surface area contributed by atoms with E-state index in [0.717, 1.165) is 18.6 Å². The summed E-state index contributed by atoms with van der Waals surface area (Å²) in [4.78, 5) is 0. The van der Waals surface area contributed by atoms with Crippen molar-refractivity contribution in [3.63, 3.8) is 0 Å². The average Bonchev–Trinajstić information content (AvgIpc) is 2.51. The summed E-state index contributed by atoms with van der Waals surface area (Å²) in [6.45, 7) is 1.76. The number of halogens is 1. The molecule has 2 atom stereocenters. The van der Waals surface area contributed by atoms with Crippen LogP contribution in [0, 0.1) is 12.7 Å². The lowest BCUT2D eigenvalue weighted by molar-refractivity contribution is 0.139. The van der Waals surface area contributed by atoms with Crippen molar-refractivity contribution in [1.82, 2.24) is 5.32 Å². The van der Waals surface area contributed by atoms with Crippen molar-refractivity contribution in [1.29, 1.82) is 0 Å². The Bertz CT molecular complexity index is 641. The molecule has 110 valence electrons. The topological polar surface area (TPSA) is 21.3 Å². The molecule has 0 spiro atoms. The van der Waals surface area contributed by atoms with Gasteiger partial charge in [-0.25, -0.2) is 4.39 Å². The first-order valence-corrected chi connectivity index (χ1v) is 7.37. The van der Waals surface area contributed by atoms with Gasteiger partial charge in [0.1, 0.15) is 17.7 Å². The van der Waals surface area contributed by atoms with Crippen molar-refractivity contribution in [3.8, 4) is 5.75 Å². The second-order valence-corrected chi connectivity index (χ2v) is 5.57. The molecule has 0 radical (unpaired) electrons. The molecule has 1 aliphatic rings. The quantitative estimate of drug-likeness (QED) is 0.926. The minimum atomic E-state index is -0.193. The summed E-state index contributed by atoms with van der Waals surface area (Å²) in [5.74, 6) is 0.542. The van der Waals surface area contributed by atoms with Gasteiger partial charge in [0, 0.05) is 0 Å². The highest BCUT2D eigenvalue weighted by molar-refractivity contribution is 5.35. The molecule has 2 aromatic carbocycles. The van der Waals surface area contributed by atoms with E-state index in [-0.39, 0.29) is 18.0 Å². The maximum absolute atomic E-state index is 13.3. The predicted octanol–water partition coefficient (Wildman–Crippen LogP) is 3.79. The standard InChI is InChI=1S/C18H20FNO/c1-12-11-14(8-9-16(12)19)21-17-10-7-13-5-3-4-6-15(13)18(17)20-2/h3-6,8-9,11,17-18,20H,7,10H2,1-2H3. The molecular formula is C18H20FNO. The molecule has 0 heterocycles. The SMILES string of the molecule is CNC1c2ccccc2CCC1Oc1ccc(F)c(C)c1. The number of hydrogen-bond acceptors (Lipinski definition) is 2. The van der Waals surface area contributed by atoms with Gasteiger partial charge >= 0.3 is 0 Å². The lowest BCUT2D eigenvalue weighted by atomic mass is 9.85. The molecule has 2 unspecified atom stereocenters. The van der Waals surface area contributed by atoms with Gasteiger partial charge in [-0.05, 0) is 61.7 Å². The fourth-order valence-corrected chi connectivity index (χ4v) is 3.06. The Morgan fingerprint density at radius 1 is 1.19 bits per heavy atom. The van der Waals surface area contributed by atoms with Crippen molar-refractivity contribution in [3.05, 3.63) is 65.0 Å². The van der Waals surface area contributed by atoms with Gasteiger partial charge in [-0.1, -0.05) is 24.3 Å². The Labute approximate surface area is 125 Å². The lowest BCUT2D eigenvalue weighted by Crippen LogP contribution is -2.37. The van der Waals surface area contributed by atoms with E-state index < -0.39 is 0 Å². The number of aryl methyl sites for hydroxylation is 2. The van der Waals surface area contributed by atoms with Gasteiger partial charge < -0.3 is 10.1 Å². The van der Waals surface area contributed by atoms with E-state index in [1.807, 2.05) is 7.05 Å². The van der Waals surface area contributed by atoms with E-state index in [0.29, 0.717) is 5.56 Å². The summed E-state index contributed by atoms with van der Waals surface area (Å²) in [5.41, 5.74) is 3.30. The van der Waals surface area contributed by atoms with Crippen LogP contribution in [0.3, 0.4) is 0 Å². The van der Waals surface area contributed by atoms with Gasteiger partial charge in [-0.2, -0.15) is 0 Å². The molecule has 0 saturated carbocycles. The molecule has 0 amide bonds. The molecule has 0 saturated heterocycles. The highest BCUT2D eigenvalue weighted by Gasteiger charge is 2.29. The van der Waals surface area contributed by atoms with Gasteiger partial charge in [-0.15, -0.1) is 0 Å². The van der Waals surface area contributed by atoms with Gasteiger partial charge in [0.25, 0.3) is 0 Å². The maximum atomic E-state index is 13.3. The van der Waals surface area contributed by atoms with Gasteiger partial charge in [-0.3, -0.25) is 0 Å². The van der Waals surface area contributed by atoms with Crippen LogP contribution in [-0.2, 0) is 6.42 Å². The highest BCUT2D eigenvalue weighted by atomic mass is 19.1. The summed E-state index contributed by atoms with van der Waals surface area (Å²) in [5, 5.41) is 3.36. The van der Waals surface area contributed by atoms with E-state index in [2.05, 4.69) is 29.6 Å². The Hall–Kier alpha value is -1.87. The van der Waals surface area contributed by atoms with Crippen molar-refractivity contribution in [2.24, 2.45) is 0 Å². The van der Waals surface area contributed by atoms with Gasteiger partial charge in [0.2, 0.25) is 0 Å². The Balaban J connectivity index is 1.84. The van der Waals surface area contributed by atoms with E-state index >= 15 is 0 Å². The van der Waals surface area contributed by atoms with Crippen LogP contribution in [0.1, 0.15) is 29.2 Å². The minimum absolute atomic E-state index is 0.0646. The van der Waals surface area contributed by atoms with Gasteiger partial charge in [0.15, 0.2) is 0 Å². The Morgan fingerprint density at radius 2 is 2.00 bits per heavy atom. The molecule has 0 aromatic heterocycles. The fraction of sp³-hybridized carbons (Fsp3) is 0.333. The normalized spacial score (nSPS) is 20.9. The molecule has 3 heteroatoms. The third-order valence-corrected chi connectivity index (χ3v) is 4.19. The largest absolute Gasteiger partial charge is 0.488 e. The van der Waals surface area contributed by atoms with Crippen molar-refractivity contribution >= 4 is 0 Å². The molecule has 2 aromatic rings. The smallest absolute Gasteiger partial charge is 0.126 e. The first-order valence-electron chi connectivity index (χ1n) is 7.37. The number of rotatable bonds is 3. The van der Waals surface area contributed by atoms with Crippen LogP contribution in [0.25, 0.3) is 0 Å². The first kappa shape index (κ1) is 14.1. The van der Waals surface area contributed by atoms with E-state index in [9.17, 15) is 4.39 Å². The number of ether oxygens (including phenoxy) is 1. The molecule has 1 N–H and O–H groups in total. The maximum Gasteiger partial charge on any atom is 0.126 e. The van der Waals surface area contributed by atoms with Crippen LogP contribution in [0.2, 0.25) is 0 Å². The molecule has 1 aliphatic carbocycles. The minimum Gasteiger partial charge on any atom is -0.488 e. The molecule has 2 nitrogen and oxygen atoms in total. The van der Waals surface area contributed by atoms with Crippen LogP contribution < -0.4 is 10.1 Å². The summed E-state index contributed by atoms with van der Waals surface area (Å²) < 4.78 is 19.5. The Morgan fingerprint density at radius 3 is 2.76 bits per heavy atom. The number of hydrogen-bond donors (Lipinski definition) is 1. The van der Waals surface area contributed by atoms with E-state index in [1.54, 1.807) is 19.1 Å². The van der Waals surface area contributed by atoms with Crippen molar-refractivity contribution in [2.45, 2.75) is 31.9 Å². The second kappa shape index (κ2) is 5.86. The monoisotopic (exact) mass is 285 g/mol. The summed E-state index contributed by atoms with van der Waals surface area (Å²) >= 11 is 0. The second-order valence-electron chi connectivity index (χ2n) is 5.57. The number of nitrogens with one attached hydrogen (secondary N) is 1. The third-order valence-electron chi connectivity index (χ3n) is 4.19.